The number of rotatable bonds is 2. The van der Waals surface area contributed by atoms with E-state index in [1.165, 1.54) is 55.5 Å². The van der Waals surface area contributed by atoms with E-state index in [1.54, 1.807) is 0 Å². The predicted octanol–water partition coefficient (Wildman–Crippen LogP) is 9.14. The van der Waals surface area contributed by atoms with Gasteiger partial charge in [-0.15, -0.1) is 0 Å². The molecule has 0 saturated heterocycles. The van der Waals surface area contributed by atoms with Gasteiger partial charge in [0, 0.05) is 41.6 Å². The Morgan fingerprint density at radius 3 is 1.92 bits per heavy atom. The van der Waals surface area contributed by atoms with E-state index in [-0.39, 0.29) is 25.7 Å². The van der Waals surface area contributed by atoms with Gasteiger partial charge in [0.2, 0.25) is 5.69 Å². The first-order chi connectivity index (χ1) is 16.7. The Kier molecular flexibility index (Phi) is 6.44. The van der Waals surface area contributed by atoms with Crippen LogP contribution in [0, 0.1) is 0 Å². The van der Waals surface area contributed by atoms with Gasteiger partial charge >= 0.3 is 0 Å². The highest BCUT2D eigenvalue weighted by molar-refractivity contribution is 6.07. The molecule has 0 bridgehead atoms. The SMILES string of the molecule is C.C.CN1C(=CC=CC2=[N+](C)c3ccc4ccccc4c3C2(C)C)C(C)(C)c2c1ccc1ccccc21. The van der Waals surface area contributed by atoms with Crippen LogP contribution in [0.15, 0.2) is 96.7 Å². The molecule has 0 radical (unpaired) electrons. The van der Waals surface area contributed by atoms with Crippen LogP contribution in [0.4, 0.5) is 11.4 Å². The summed E-state index contributed by atoms with van der Waals surface area (Å²) in [6, 6.07) is 26.5. The predicted molar refractivity (Wildman–Crippen MR) is 164 cm³/mol. The first-order valence-electron chi connectivity index (χ1n) is 12.5. The maximum absolute atomic E-state index is 2.36. The van der Waals surface area contributed by atoms with E-state index in [0.717, 1.165) is 0 Å². The van der Waals surface area contributed by atoms with Gasteiger partial charge in [0.05, 0.1) is 5.41 Å². The van der Waals surface area contributed by atoms with E-state index in [4.69, 9.17) is 0 Å². The number of fused-ring (bicyclic) bond motifs is 6. The van der Waals surface area contributed by atoms with Gasteiger partial charge in [-0.2, -0.15) is 4.58 Å². The molecule has 190 valence electrons. The summed E-state index contributed by atoms with van der Waals surface area (Å²) in [6.45, 7) is 9.40. The molecule has 4 aromatic rings. The van der Waals surface area contributed by atoms with Gasteiger partial charge in [0.1, 0.15) is 7.05 Å². The fourth-order valence-corrected chi connectivity index (χ4v) is 6.62. The Morgan fingerprint density at radius 1 is 0.703 bits per heavy atom. The van der Waals surface area contributed by atoms with Crippen LogP contribution in [0.1, 0.15) is 53.7 Å². The lowest BCUT2D eigenvalue weighted by Gasteiger charge is -2.24. The summed E-state index contributed by atoms with van der Waals surface area (Å²) in [5.74, 6) is 0. The molecule has 2 heteroatoms. The second-order valence-electron chi connectivity index (χ2n) is 11.0. The highest BCUT2D eigenvalue weighted by Gasteiger charge is 2.44. The Balaban J connectivity index is 0.00000160. The summed E-state index contributed by atoms with van der Waals surface area (Å²) in [5, 5.41) is 5.31. The quantitative estimate of drug-likeness (QED) is 0.254. The molecular weight excluding hydrogens is 448 g/mol. The Labute approximate surface area is 223 Å². The van der Waals surface area contributed by atoms with Gasteiger partial charge < -0.3 is 4.90 Å². The van der Waals surface area contributed by atoms with Crippen LogP contribution in [-0.4, -0.2) is 24.4 Å². The average Bonchev–Trinajstić information content (AvgIpc) is 3.17. The zero-order chi connectivity index (χ0) is 24.5. The second-order valence-corrected chi connectivity index (χ2v) is 11.0. The Hall–Kier alpha value is -3.65. The van der Waals surface area contributed by atoms with E-state index in [1.807, 2.05) is 0 Å². The van der Waals surface area contributed by atoms with Gasteiger partial charge in [-0.1, -0.05) is 89.4 Å². The summed E-state index contributed by atoms with van der Waals surface area (Å²) in [5.41, 5.74) is 7.94. The molecule has 0 spiro atoms. The van der Waals surface area contributed by atoms with Crippen molar-refractivity contribution in [1.29, 1.82) is 0 Å². The van der Waals surface area contributed by atoms with Crippen molar-refractivity contribution < 1.29 is 4.58 Å². The number of nitrogens with zero attached hydrogens (tertiary/aromatic N) is 2. The van der Waals surface area contributed by atoms with Crippen molar-refractivity contribution in [3.8, 4) is 0 Å². The van der Waals surface area contributed by atoms with Crippen LogP contribution in [0.2, 0.25) is 0 Å². The molecule has 0 atom stereocenters. The summed E-state index contributed by atoms with van der Waals surface area (Å²) in [6.07, 6.45) is 6.88. The van der Waals surface area contributed by atoms with Gasteiger partial charge in [0.15, 0.2) is 5.71 Å². The van der Waals surface area contributed by atoms with E-state index in [9.17, 15) is 0 Å². The third-order valence-electron chi connectivity index (χ3n) is 8.30. The minimum atomic E-state index is -0.0732. The van der Waals surface area contributed by atoms with Crippen LogP contribution < -0.4 is 4.90 Å². The Morgan fingerprint density at radius 2 is 1.27 bits per heavy atom. The number of hydrogen-bond donors (Lipinski definition) is 0. The standard InChI is InChI=1S/C33H33N2.2CH4/c1-32(2)28(34(5)26-20-18-22-12-7-9-14-24(22)30(26)32)16-11-17-29-33(3,4)31-25-15-10-8-13-23(25)19-21-27(31)35(29)6;;/h7-21H,1-6H3;2*1H4/q+1;;. The number of likely N-dealkylation sites (N-methyl/N-ethyl adjacent to an activating group) is 1. The van der Waals surface area contributed by atoms with Gasteiger partial charge in [0.25, 0.3) is 0 Å². The number of hydrogen-bond acceptors (Lipinski definition) is 1. The van der Waals surface area contributed by atoms with E-state index in [2.05, 4.69) is 142 Å². The maximum atomic E-state index is 2.36. The average molecular weight is 490 g/mol. The molecule has 2 aliphatic heterocycles. The van der Waals surface area contributed by atoms with Crippen molar-refractivity contribution >= 4 is 38.6 Å². The summed E-state index contributed by atoms with van der Waals surface area (Å²) >= 11 is 0. The van der Waals surface area contributed by atoms with Crippen LogP contribution in [0.3, 0.4) is 0 Å². The highest BCUT2D eigenvalue weighted by atomic mass is 15.2. The third kappa shape index (κ3) is 3.65. The number of benzene rings is 4. The molecule has 2 nitrogen and oxygen atoms in total. The molecule has 0 saturated carbocycles. The Bertz CT molecular complexity index is 1610. The van der Waals surface area contributed by atoms with Crippen molar-refractivity contribution in [1.82, 2.24) is 0 Å². The lowest BCUT2D eigenvalue weighted by molar-refractivity contribution is -0.401. The second kappa shape index (κ2) is 9.03. The topological polar surface area (TPSA) is 6.25 Å². The van der Waals surface area contributed by atoms with Crippen LogP contribution in [0.25, 0.3) is 21.5 Å². The minimum absolute atomic E-state index is 0. The van der Waals surface area contributed by atoms with E-state index in [0.29, 0.717) is 0 Å². The molecule has 0 unspecified atom stereocenters. The third-order valence-corrected chi connectivity index (χ3v) is 8.30. The lowest BCUT2D eigenvalue weighted by Crippen LogP contribution is -2.27. The zero-order valence-electron chi connectivity index (χ0n) is 21.6. The van der Waals surface area contributed by atoms with Crippen LogP contribution in [-0.2, 0) is 10.8 Å². The molecule has 0 aromatic heterocycles. The maximum Gasteiger partial charge on any atom is 0.210 e. The van der Waals surface area contributed by atoms with Crippen molar-refractivity contribution in [2.24, 2.45) is 0 Å². The number of allylic oxidation sites excluding steroid dienone is 4. The monoisotopic (exact) mass is 489 g/mol. The van der Waals surface area contributed by atoms with Gasteiger partial charge in [-0.3, -0.25) is 0 Å². The van der Waals surface area contributed by atoms with Crippen molar-refractivity contribution in [2.45, 2.75) is 53.4 Å². The molecule has 37 heavy (non-hydrogen) atoms. The van der Waals surface area contributed by atoms with Crippen LogP contribution in [0.5, 0.6) is 0 Å². The highest BCUT2D eigenvalue weighted by Crippen LogP contribution is 2.50. The summed E-state index contributed by atoms with van der Waals surface area (Å²) in [7, 11) is 4.39. The summed E-state index contributed by atoms with van der Waals surface area (Å²) < 4.78 is 2.36. The zero-order valence-corrected chi connectivity index (χ0v) is 21.6. The molecule has 2 aliphatic rings. The molecular formula is C35H41N2+. The molecule has 0 N–H and O–H groups in total. The fraction of sp³-hybridized carbons (Fsp3) is 0.286. The lowest BCUT2D eigenvalue weighted by atomic mass is 9.79. The molecule has 6 rings (SSSR count). The molecule has 0 fully saturated rings. The normalized spacial score (nSPS) is 18.3. The number of anilines is 1. The molecule has 2 heterocycles. The summed E-state index contributed by atoms with van der Waals surface area (Å²) in [4.78, 5) is 2.36. The fourth-order valence-electron chi connectivity index (χ4n) is 6.62. The smallest absolute Gasteiger partial charge is 0.210 e. The first kappa shape index (κ1) is 26.4. The van der Waals surface area contributed by atoms with Crippen molar-refractivity contribution in [3.63, 3.8) is 0 Å². The first-order valence-corrected chi connectivity index (χ1v) is 12.5. The van der Waals surface area contributed by atoms with Crippen molar-refractivity contribution in [2.75, 3.05) is 19.0 Å². The van der Waals surface area contributed by atoms with Gasteiger partial charge in [-0.05, 0) is 59.2 Å². The van der Waals surface area contributed by atoms with E-state index >= 15 is 0 Å². The largest absolute Gasteiger partial charge is 0.347 e. The molecule has 0 amide bonds. The van der Waals surface area contributed by atoms with Crippen molar-refractivity contribution in [3.05, 3.63) is 108 Å². The minimum Gasteiger partial charge on any atom is -0.347 e. The van der Waals surface area contributed by atoms with Gasteiger partial charge in [-0.25, -0.2) is 0 Å². The van der Waals surface area contributed by atoms with Crippen LogP contribution >= 0.6 is 0 Å². The van der Waals surface area contributed by atoms with E-state index < -0.39 is 0 Å². The molecule has 4 aromatic carbocycles. The molecule has 0 aliphatic carbocycles.